The first-order chi connectivity index (χ1) is 13.6. The second kappa shape index (κ2) is 9.04. The molecule has 1 saturated heterocycles. The number of nitrogens with zero attached hydrogens (tertiary/aromatic N) is 4. The number of piperidine rings is 1. The molecule has 8 nitrogen and oxygen atoms in total. The lowest BCUT2D eigenvalue weighted by Gasteiger charge is -2.29. The van der Waals surface area contributed by atoms with Crippen LogP contribution >= 0.6 is 0 Å². The highest BCUT2D eigenvalue weighted by Gasteiger charge is 2.26. The molecule has 3 rings (SSSR count). The van der Waals surface area contributed by atoms with Crippen molar-refractivity contribution < 1.29 is 18.8 Å². The van der Waals surface area contributed by atoms with Crippen LogP contribution in [0.15, 0.2) is 28.8 Å². The van der Waals surface area contributed by atoms with E-state index in [1.165, 1.54) is 7.11 Å². The van der Waals surface area contributed by atoms with Gasteiger partial charge in [0.2, 0.25) is 11.8 Å². The van der Waals surface area contributed by atoms with Gasteiger partial charge in [0.15, 0.2) is 23.9 Å². The molecule has 1 aliphatic rings. The fraction of sp³-hybridized carbons (Fsp3) is 0.400. The highest BCUT2D eigenvalue weighted by Crippen LogP contribution is 2.29. The van der Waals surface area contributed by atoms with E-state index in [9.17, 15) is 4.79 Å². The van der Waals surface area contributed by atoms with E-state index in [-0.39, 0.29) is 18.4 Å². The molecule has 0 bridgehead atoms. The first-order valence-corrected chi connectivity index (χ1v) is 9.05. The summed E-state index contributed by atoms with van der Waals surface area (Å²) in [4.78, 5) is 18.6. The number of nitriles is 1. The minimum absolute atomic E-state index is 0.0380. The number of methoxy groups -OCH3 is 1. The molecule has 1 fully saturated rings. The lowest BCUT2D eigenvalue weighted by atomic mass is 9.96. The van der Waals surface area contributed by atoms with Crippen molar-refractivity contribution in [2.75, 3.05) is 26.8 Å². The van der Waals surface area contributed by atoms with Gasteiger partial charge in [-0.2, -0.15) is 10.2 Å². The molecule has 146 valence electrons. The van der Waals surface area contributed by atoms with Crippen molar-refractivity contribution in [2.45, 2.75) is 25.7 Å². The van der Waals surface area contributed by atoms with Crippen LogP contribution in [0.1, 0.15) is 36.0 Å². The smallest absolute Gasteiger partial charge is 0.246 e. The molecule has 0 aliphatic carbocycles. The van der Waals surface area contributed by atoms with E-state index in [4.69, 9.17) is 19.3 Å². The second-order valence-corrected chi connectivity index (χ2v) is 6.47. The number of carbonyl (C=O) groups is 1. The summed E-state index contributed by atoms with van der Waals surface area (Å²) in [5.74, 6) is 2.47. The Bertz CT molecular complexity index is 892. The Hall–Kier alpha value is -3.34. The monoisotopic (exact) mass is 382 g/mol. The van der Waals surface area contributed by atoms with E-state index >= 15 is 0 Å². The van der Waals surface area contributed by atoms with Crippen LogP contribution in [0.5, 0.6) is 11.5 Å². The molecule has 1 aliphatic heterocycles. The summed E-state index contributed by atoms with van der Waals surface area (Å²) in [5, 5.41) is 12.4. The van der Waals surface area contributed by atoms with Crippen LogP contribution in [-0.4, -0.2) is 47.8 Å². The lowest BCUT2D eigenvalue weighted by molar-refractivity contribution is -0.127. The van der Waals surface area contributed by atoms with Crippen molar-refractivity contribution in [3.05, 3.63) is 41.6 Å². The van der Waals surface area contributed by atoms with Gasteiger partial charge < -0.3 is 18.9 Å². The average molecular weight is 382 g/mol. The normalized spacial score (nSPS) is 14.8. The predicted molar refractivity (Wildman–Crippen MR) is 101 cm³/mol. The molecular weight excluding hydrogens is 360 g/mol. The summed E-state index contributed by atoms with van der Waals surface area (Å²) in [6.07, 6.45) is 4.91. The molecule has 2 heterocycles. The molecule has 0 N–H and O–H groups in total. The third kappa shape index (κ3) is 4.68. The van der Waals surface area contributed by atoms with Crippen LogP contribution < -0.4 is 9.47 Å². The number of rotatable bonds is 6. The first kappa shape index (κ1) is 19.4. The zero-order valence-corrected chi connectivity index (χ0v) is 15.9. The molecule has 0 atom stereocenters. The van der Waals surface area contributed by atoms with E-state index in [0.29, 0.717) is 36.3 Å². The maximum Gasteiger partial charge on any atom is 0.246 e. The van der Waals surface area contributed by atoms with Crippen LogP contribution in [0, 0.1) is 18.3 Å². The molecular formula is C20H22N4O4. The number of likely N-dealkylation sites (tertiary alicyclic amines) is 1. The summed E-state index contributed by atoms with van der Waals surface area (Å²) in [7, 11) is 1.53. The van der Waals surface area contributed by atoms with Crippen molar-refractivity contribution in [2.24, 2.45) is 0 Å². The third-order valence-corrected chi connectivity index (χ3v) is 4.60. The van der Waals surface area contributed by atoms with E-state index in [0.717, 1.165) is 18.4 Å². The second-order valence-electron chi connectivity index (χ2n) is 6.47. The summed E-state index contributed by atoms with van der Waals surface area (Å²) >= 11 is 0. The first-order valence-electron chi connectivity index (χ1n) is 9.05. The number of hydrogen-bond acceptors (Lipinski definition) is 7. The van der Waals surface area contributed by atoms with Crippen LogP contribution in [-0.2, 0) is 4.79 Å². The van der Waals surface area contributed by atoms with Gasteiger partial charge in [0.25, 0.3) is 0 Å². The Morgan fingerprint density at radius 3 is 2.82 bits per heavy atom. The fourth-order valence-corrected chi connectivity index (χ4v) is 3.12. The van der Waals surface area contributed by atoms with Gasteiger partial charge in [-0.1, -0.05) is 11.2 Å². The Morgan fingerprint density at radius 2 is 2.18 bits per heavy atom. The average Bonchev–Trinajstić information content (AvgIpc) is 3.17. The summed E-state index contributed by atoms with van der Waals surface area (Å²) in [5.41, 5.74) is 0.811. The number of hydrogen-bond donors (Lipinski definition) is 0. The molecule has 1 amide bonds. The van der Waals surface area contributed by atoms with E-state index < -0.39 is 0 Å². The molecule has 0 unspecified atom stereocenters. The standard InChI is InChI=1S/C20H22N4O4/c1-14-22-20(28-23-14)16-7-10-24(11-8-16)19(25)6-4-15-3-5-17(27-12-9-21)18(13-15)26-2/h3-6,13,16H,7-8,10-12H2,1-2H3/b6-4+. The van der Waals surface area contributed by atoms with Crippen molar-refractivity contribution >= 4 is 12.0 Å². The number of aryl methyl sites for hydroxylation is 1. The number of benzene rings is 1. The summed E-state index contributed by atoms with van der Waals surface area (Å²) in [6, 6.07) is 7.21. The fourth-order valence-electron chi connectivity index (χ4n) is 3.12. The van der Waals surface area contributed by atoms with E-state index in [2.05, 4.69) is 10.1 Å². The Balaban J connectivity index is 1.57. The Kier molecular flexibility index (Phi) is 6.27. The zero-order chi connectivity index (χ0) is 19.9. The van der Waals surface area contributed by atoms with Gasteiger partial charge in [0.05, 0.1) is 7.11 Å². The van der Waals surface area contributed by atoms with E-state index in [1.807, 2.05) is 17.0 Å². The SMILES string of the molecule is COc1cc(/C=C/C(=O)N2CCC(c3nc(C)no3)CC2)ccc1OCC#N. The minimum Gasteiger partial charge on any atom is -0.493 e. The highest BCUT2D eigenvalue weighted by atomic mass is 16.5. The van der Waals surface area contributed by atoms with Gasteiger partial charge in [-0.15, -0.1) is 0 Å². The molecule has 0 saturated carbocycles. The van der Waals surface area contributed by atoms with Crippen molar-refractivity contribution in [3.63, 3.8) is 0 Å². The molecule has 0 radical (unpaired) electrons. The van der Waals surface area contributed by atoms with Gasteiger partial charge in [0, 0.05) is 25.1 Å². The van der Waals surface area contributed by atoms with Crippen LogP contribution in [0.25, 0.3) is 6.08 Å². The largest absolute Gasteiger partial charge is 0.493 e. The number of carbonyl (C=O) groups excluding carboxylic acids is 1. The van der Waals surface area contributed by atoms with Crippen molar-refractivity contribution in [3.8, 4) is 17.6 Å². The molecule has 28 heavy (non-hydrogen) atoms. The Morgan fingerprint density at radius 1 is 1.39 bits per heavy atom. The summed E-state index contributed by atoms with van der Waals surface area (Å²) < 4.78 is 15.8. The maximum atomic E-state index is 12.5. The van der Waals surface area contributed by atoms with Crippen LogP contribution in [0.4, 0.5) is 0 Å². The zero-order valence-electron chi connectivity index (χ0n) is 15.9. The van der Waals surface area contributed by atoms with E-state index in [1.54, 1.807) is 31.2 Å². The quantitative estimate of drug-likeness (QED) is 0.708. The molecule has 1 aromatic heterocycles. The highest BCUT2D eigenvalue weighted by molar-refractivity contribution is 5.92. The van der Waals surface area contributed by atoms with Crippen LogP contribution in [0.2, 0.25) is 0 Å². The third-order valence-electron chi connectivity index (χ3n) is 4.60. The number of amides is 1. The lowest BCUT2D eigenvalue weighted by Crippen LogP contribution is -2.36. The van der Waals surface area contributed by atoms with Crippen molar-refractivity contribution in [1.29, 1.82) is 5.26 Å². The van der Waals surface area contributed by atoms with Gasteiger partial charge in [0.1, 0.15) is 6.07 Å². The Labute approximate surface area is 163 Å². The van der Waals surface area contributed by atoms with Gasteiger partial charge >= 0.3 is 0 Å². The minimum atomic E-state index is -0.0524. The number of ether oxygens (including phenoxy) is 2. The summed E-state index contributed by atoms with van der Waals surface area (Å²) in [6.45, 7) is 3.05. The molecule has 8 heteroatoms. The predicted octanol–water partition coefficient (Wildman–Crippen LogP) is 2.71. The molecule has 2 aromatic rings. The molecule has 0 spiro atoms. The van der Waals surface area contributed by atoms with Gasteiger partial charge in [-0.25, -0.2) is 0 Å². The molecule has 1 aromatic carbocycles. The number of aromatic nitrogens is 2. The van der Waals surface area contributed by atoms with Gasteiger partial charge in [-0.3, -0.25) is 4.79 Å². The topological polar surface area (TPSA) is 101 Å². The van der Waals surface area contributed by atoms with Crippen molar-refractivity contribution in [1.82, 2.24) is 15.0 Å². The van der Waals surface area contributed by atoms with Crippen LogP contribution in [0.3, 0.4) is 0 Å². The maximum absolute atomic E-state index is 12.5. The van der Waals surface area contributed by atoms with Gasteiger partial charge in [-0.05, 0) is 43.5 Å².